The van der Waals surface area contributed by atoms with E-state index in [1.54, 1.807) is 22.9 Å². The largest absolute Gasteiger partial charge is 0.392 e. The van der Waals surface area contributed by atoms with Crippen molar-refractivity contribution in [3.05, 3.63) is 64.1 Å². The summed E-state index contributed by atoms with van der Waals surface area (Å²) in [6.07, 6.45) is 3.25. The Kier molecular flexibility index (Phi) is 4.81. The summed E-state index contributed by atoms with van der Waals surface area (Å²) < 4.78 is 1.57. The Morgan fingerprint density at radius 1 is 1.25 bits per heavy atom. The van der Waals surface area contributed by atoms with Gasteiger partial charge >= 0.3 is 0 Å². The van der Waals surface area contributed by atoms with Crippen LogP contribution in [0.4, 0.5) is 5.69 Å². The van der Waals surface area contributed by atoms with Crippen molar-refractivity contribution in [2.45, 2.75) is 38.8 Å². The lowest BCUT2D eigenvalue weighted by Crippen LogP contribution is -2.32. The second kappa shape index (κ2) is 7.01. The molecular weight excluding hydrogens is 304 g/mol. The zero-order valence-corrected chi connectivity index (χ0v) is 13.7. The number of nitrogens with one attached hydrogen (secondary N) is 1. The van der Waals surface area contributed by atoms with Crippen molar-refractivity contribution in [1.82, 2.24) is 4.57 Å². The second-order valence-corrected chi connectivity index (χ2v) is 6.43. The average molecular weight is 326 g/mol. The SMILES string of the molecule is Cc1ccc(Cn2cccc(NC(=O)C3CCCC3O)c2=O)cc1. The number of pyridine rings is 1. The molecule has 0 bridgehead atoms. The van der Waals surface area contributed by atoms with E-state index in [0.717, 1.165) is 12.0 Å². The van der Waals surface area contributed by atoms with Gasteiger partial charge in [0.25, 0.3) is 5.56 Å². The minimum atomic E-state index is -0.608. The van der Waals surface area contributed by atoms with E-state index in [1.807, 2.05) is 31.2 Å². The first-order valence-electron chi connectivity index (χ1n) is 8.28. The number of aliphatic hydroxyl groups is 1. The molecule has 1 aromatic heterocycles. The fraction of sp³-hybridized carbons (Fsp3) is 0.368. The topological polar surface area (TPSA) is 71.3 Å². The van der Waals surface area contributed by atoms with Crippen molar-refractivity contribution in [1.29, 1.82) is 0 Å². The van der Waals surface area contributed by atoms with Crippen molar-refractivity contribution in [2.24, 2.45) is 5.92 Å². The molecule has 0 saturated heterocycles. The molecule has 2 aromatic rings. The molecule has 1 saturated carbocycles. The predicted octanol–water partition coefficient (Wildman–Crippen LogP) is 2.30. The molecule has 1 heterocycles. The third kappa shape index (κ3) is 3.57. The number of hydrogen-bond donors (Lipinski definition) is 2. The van der Waals surface area contributed by atoms with Crippen LogP contribution in [0.25, 0.3) is 0 Å². The van der Waals surface area contributed by atoms with Crippen molar-refractivity contribution < 1.29 is 9.90 Å². The fourth-order valence-electron chi connectivity index (χ4n) is 3.12. The Balaban J connectivity index is 1.77. The Hall–Kier alpha value is -2.40. The maximum Gasteiger partial charge on any atom is 0.274 e. The van der Waals surface area contributed by atoms with Gasteiger partial charge in [-0.25, -0.2) is 0 Å². The van der Waals surface area contributed by atoms with Crippen LogP contribution in [-0.2, 0) is 11.3 Å². The van der Waals surface area contributed by atoms with Gasteiger partial charge in [-0.15, -0.1) is 0 Å². The first-order valence-corrected chi connectivity index (χ1v) is 8.28. The van der Waals surface area contributed by atoms with Crippen LogP contribution >= 0.6 is 0 Å². The highest BCUT2D eigenvalue weighted by Crippen LogP contribution is 2.26. The first kappa shape index (κ1) is 16.5. The number of anilines is 1. The molecule has 1 aliphatic rings. The Bertz CT molecular complexity index is 780. The average Bonchev–Trinajstić information content (AvgIpc) is 2.99. The number of aliphatic hydroxyl groups excluding tert-OH is 1. The summed E-state index contributed by atoms with van der Waals surface area (Å²) in [5.41, 5.74) is 2.22. The van der Waals surface area contributed by atoms with Crippen LogP contribution in [0.3, 0.4) is 0 Å². The number of aromatic nitrogens is 1. The standard InChI is InChI=1S/C19H22N2O3/c1-13-7-9-14(10-8-13)12-21-11-3-5-16(19(21)24)20-18(23)15-4-2-6-17(15)22/h3,5,7-11,15,17,22H,2,4,6,12H2,1H3,(H,20,23). The summed E-state index contributed by atoms with van der Waals surface area (Å²) in [6.45, 7) is 2.47. The molecule has 0 aliphatic heterocycles. The molecule has 2 unspecified atom stereocenters. The second-order valence-electron chi connectivity index (χ2n) is 6.43. The highest BCUT2D eigenvalue weighted by molar-refractivity contribution is 5.92. The fourth-order valence-corrected chi connectivity index (χ4v) is 3.12. The number of aryl methyl sites for hydroxylation is 1. The zero-order valence-electron chi connectivity index (χ0n) is 13.7. The minimum Gasteiger partial charge on any atom is -0.392 e. The van der Waals surface area contributed by atoms with Gasteiger partial charge in [-0.1, -0.05) is 29.8 Å². The summed E-state index contributed by atoms with van der Waals surface area (Å²) in [6, 6.07) is 11.3. The number of hydrogen-bond acceptors (Lipinski definition) is 3. The third-order valence-corrected chi connectivity index (χ3v) is 4.57. The molecule has 0 spiro atoms. The molecule has 1 aromatic carbocycles. The van der Waals surface area contributed by atoms with E-state index in [1.165, 1.54) is 5.56 Å². The molecule has 5 nitrogen and oxygen atoms in total. The molecular formula is C19H22N2O3. The van der Waals surface area contributed by atoms with Crippen LogP contribution in [-0.4, -0.2) is 21.7 Å². The van der Waals surface area contributed by atoms with E-state index in [9.17, 15) is 14.7 Å². The van der Waals surface area contributed by atoms with E-state index in [-0.39, 0.29) is 17.2 Å². The highest BCUT2D eigenvalue weighted by atomic mass is 16.3. The molecule has 1 fully saturated rings. The van der Waals surface area contributed by atoms with Crippen molar-refractivity contribution in [2.75, 3.05) is 5.32 Å². The van der Waals surface area contributed by atoms with E-state index < -0.39 is 12.0 Å². The first-order chi connectivity index (χ1) is 11.5. The van der Waals surface area contributed by atoms with E-state index in [4.69, 9.17) is 0 Å². The lowest BCUT2D eigenvalue weighted by atomic mass is 10.1. The van der Waals surface area contributed by atoms with Gasteiger partial charge in [-0.2, -0.15) is 0 Å². The van der Waals surface area contributed by atoms with Crippen molar-refractivity contribution in [3.8, 4) is 0 Å². The minimum absolute atomic E-state index is 0.237. The van der Waals surface area contributed by atoms with Gasteiger partial charge in [0, 0.05) is 6.20 Å². The van der Waals surface area contributed by atoms with E-state index in [0.29, 0.717) is 19.4 Å². The Morgan fingerprint density at radius 3 is 2.67 bits per heavy atom. The number of benzene rings is 1. The Morgan fingerprint density at radius 2 is 2.00 bits per heavy atom. The van der Waals surface area contributed by atoms with Crippen LogP contribution in [0.1, 0.15) is 30.4 Å². The highest BCUT2D eigenvalue weighted by Gasteiger charge is 2.31. The lowest BCUT2D eigenvalue weighted by Gasteiger charge is -2.15. The lowest BCUT2D eigenvalue weighted by molar-refractivity contribution is -0.122. The quantitative estimate of drug-likeness (QED) is 0.906. The van der Waals surface area contributed by atoms with E-state index >= 15 is 0 Å². The normalized spacial score (nSPS) is 20.1. The zero-order chi connectivity index (χ0) is 17.1. The molecule has 2 atom stereocenters. The molecule has 1 amide bonds. The maximum atomic E-state index is 12.6. The van der Waals surface area contributed by atoms with Crippen molar-refractivity contribution in [3.63, 3.8) is 0 Å². The van der Waals surface area contributed by atoms with Gasteiger partial charge in [0.05, 0.1) is 18.6 Å². The molecule has 2 N–H and O–H groups in total. The smallest absolute Gasteiger partial charge is 0.274 e. The van der Waals surface area contributed by atoms with Gasteiger partial charge in [-0.05, 0) is 43.9 Å². The van der Waals surface area contributed by atoms with Gasteiger partial charge in [-0.3, -0.25) is 9.59 Å². The molecule has 5 heteroatoms. The van der Waals surface area contributed by atoms with Gasteiger partial charge in [0.15, 0.2) is 0 Å². The number of nitrogens with zero attached hydrogens (tertiary/aromatic N) is 1. The van der Waals surface area contributed by atoms with Crippen molar-refractivity contribution >= 4 is 11.6 Å². The predicted molar refractivity (Wildman–Crippen MR) is 93.0 cm³/mol. The summed E-state index contributed by atoms with van der Waals surface area (Å²) >= 11 is 0. The van der Waals surface area contributed by atoms with Crippen LogP contribution in [0, 0.1) is 12.8 Å². The Labute approximate surface area is 140 Å². The monoisotopic (exact) mass is 326 g/mol. The molecule has 3 rings (SSSR count). The number of carbonyl (C=O) groups excluding carboxylic acids is 1. The van der Waals surface area contributed by atoms with Gasteiger partial charge in [0.1, 0.15) is 5.69 Å². The molecule has 126 valence electrons. The molecule has 0 radical (unpaired) electrons. The van der Waals surface area contributed by atoms with E-state index in [2.05, 4.69) is 5.32 Å². The van der Waals surface area contributed by atoms with Gasteiger partial charge in [0.2, 0.25) is 5.91 Å². The molecule has 1 aliphatic carbocycles. The summed E-state index contributed by atoms with van der Waals surface area (Å²) in [7, 11) is 0. The molecule has 24 heavy (non-hydrogen) atoms. The summed E-state index contributed by atoms with van der Waals surface area (Å²) in [4.78, 5) is 24.8. The summed E-state index contributed by atoms with van der Waals surface area (Å²) in [5.74, 6) is -0.694. The van der Waals surface area contributed by atoms with Gasteiger partial charge < -0.3 is 15.0 Å². The third-order valence-electron chi connectivity index (χ3n) is 4.57. The van der Waals surface area contributed by atoms with Crippen LogP contribution in [0.2, 0.25) is 0 Å². The van der Waals surface area contributed by atoms with Crippen LogP contribution in [0.5, 0.6) is 0 Å². The number of amides is 1. The maximum absolute atomic E-state index is 12.6. The van der Waals surface area contributed by atoms with Crippen LogP contribution < -0.4 is 10.9 Å². The number of rotatable bonds is 4. The summed E-state index contributed by atoms with van der Waals surface area (Å²) in [5, 5.41) is 12.5. The number of carbonyl (C=O) groups is 1. The van der Waals surface area contributed by atoms with Crippen LogP contribution in [0.15, 0.2) is 47.4 Å².